The van der Waals surface area contributed by atoms with Crippen molar-refractivity contribution in [2.45, 2.75) is 32.7 Å². The number of rotatable bonds is 1. The summed E-state index contributed by atoms with van der Waals surface area (Å²) in [5, 5.41) is 7.14. The van der Waals surface area contributed by atoms with Crippen LogP contribution < -0.4 is 0 Å². The lowest BCUT2D eigenvalue weighted by atomic mass is 9.83. The molecule has 2 aromatic heterocycles. The van der Waals surface area contributed by atoms with Gasteiger partial charge in [0, 0.05) is 29.8 Å². The number of amides is 1. The second-order valence-electron chi connectivity index (χ2n) is 5.70. The molecule has 1 amide bonds. The maximum Gasteiger partial charge on any atom is 0.266 e. The van der Waals surface area contributed by atoms with Gasteiger partial charge >= 0.3 is 0 Å². The number of aryl methyl sites for hydroxylation is 1. The van der Waals surface area contributed by atoms with Crippen LogP contribution in [0.4, 0.5) is 0 Å². The number of fused-ring (bicyclic) bond motifs is 1. The van der Waals surface area contributed by atoms with Gasteiger partial charge in [0.1, 0.15) is 4.88 Å². The Morgan fingerprint density at radius 2 is 2.30 bits per heavy atom. The molecule has 0 aliphatic carbocycles. The highest BCUT2D eigenvalue weighted by molar-refractivity contribution is 7.17. The van der Waals surface area contributed by atoms with Crippen LogP contribution in [0.5, 0.6) is 0 Å². The van der Waals surface area contributed by atoms with E-state index in [4.69, 9.17) is 11.6 Å². The molecule has 5 nitrogen and oxygen atoms in total. The van der Waals surface area contributed by atoms with Gasteiger partial charge in [0.25, 0.3) is 5.91 Å². The Balaban J connectivity index is 1.93. The number of H-pyrrole nitrogens is 1. The zero-order valence-corrected chi connectivity index (χ0v) is 13.1. The number of thiazole rings is 1. The molecule has 3 rings (SSSR count). The minimum Gasteiger partial charge on any atom is -0.333 e. The Morgan fingerprint density at radius 1 is 1.55 bits per heavy atom. The van der Waals surface area contributed by atoms with E-state index in [1.807, 2.05) is 11.8 Å². The molecule has 7 heteroatoms. The number of aromatic nitrogens is 3. The first-order valence-corrected chi connectivity index (χ1v) is 7.53. The molecule has 0 fully saturated rings. The first kappa shape index (κ1) is 13.6. The number of hydrogen-bond donors (Lipinski definition) is 1. The molecule has 1 aliphatic rings. The maximum atomic E-state index is 12.7. The molecule has 0 saturated carbocycles. The van der Waals surface area contributed by atoms with Crippen LogP contribution in [0.1, 0.15) is 40.5 Å². The zero-order chi connectivity index (χ0) is 14.5. The van der Waals surface area contributed by atoms with E-state index in [1.54, 1.807) is 6.20 Å². The molecule has 0 saturated heterocycles. The Hall–Kier alpha value is -1.40. The first-order chi connectivity index (χ1) is 9.38. The number of nitrogens with one attached hydrogen (secondary N) is 1. The summed E-state index contributed by atoms with van der Waals surface area (Å²) in [5.41, 5.74) is 2.74. The zero-order valence-electron chi connectivity index (χ0n) is 11.5. The fourth-order valence-electron chi connectivity index (χ4n) is 2.68. The molecule has 20 heavy (non-hydrogen) atoms. The molecule has 0 spiro atoms. The minimum atomic E-state index is -0.137. The van der Waals surface area contributed by atoms with Crippen LogP contribution in [0.15, 0.2) is 6.20 Å². The molecule has 106 valence electrons. The number of halogens is 1. The topological polar surface area (TPSA) is 61.9 Å². The van der Waals surface area contributed by atoms with Crippen molar-refractivity contribution in [2.75, 3.05) is 6.54 Å². The lowest BCUT2D eigenvalue weighted by Gasteiger charge is -2.37. The summed E-state index contributed by atoms with van der Waals surface area (Å²) >= 11 is 7.13. The van der Waals surface area contributed by atoms with Crippen LogP contribution in [0.25, 0.3) is 0 Å². The van der Waals surface area contributed by atoms with E-state index in [-0.39, 0.29) is 11.3 Å². The van der Waals surface area contributed by atoms with Crippen LogP contribution in [-0.4, -0.2) is 32.5 Å². The quantitative estimate of drug-likeness (QED) is 0.881. The van der Waals surface area contributed by atoms with Gasteiger partial charge in [-0.1, -0.05) is 36.8 Å². The summed E-state index contributed by atoms with van der Waals surface area (Å²) in [5.74, 6) is -0.00757. The Kier molecular flexibility index (Phi) is 3.10. The molecule has 0 atom stereocenters. The summed E-state index contributed by atoms with van der Waals surface area (Å²) in [6, 6.07) is 0. The monoisotopic (exact) mass is 310 g/mol. The summed E-state index contributed by atoms with van der Waals surface area (Å²) in [6.45, 7) is 7.25. The van der Waals surface area contributed by atoms with Crippen LogP contribution in [-0.2, 0) is 12.0 Å². The van der Waals surface area contributed by atoms with Crippen molar-refractivity contribution in [2.24, 2.45) is 0 Å². The van der Waals surface area contributed by atoms with Gasteiger partial charge in [0.15, 0.2) is 4.47 Å². The summed E-state index contributed by atoms with van der Waals surface area (Å²) in [7, 11) is 0. The standard InChI is InChI=1S/C13H15ClN4OS/c1-7-9(20-12(14)16-7)11(19)18-5-8-4-15-17-10(8)13(2,3)6-18/h4H,5-6H2,1-3H3,(H,15,17). The van der Waals surface area contributed by atoms with E-state index >= 15 is 0 Å². The lowest BCUT2D eigenvalue weighted by molar-refractivity contribution is 0.0688. The second kappa shape index (κ2) is 4.56. The third-order valence-electron chi connectivity index (χ3n) is 3.59. The van der Waals surface area contributed by atoms with Gasteiger partial charge in [0.05, 0.1) is 11.9 Å². The maximum absolute atomic E-state index is 12.7. The fourth-order valence-corrected chi connectivity index (χ4v) is 3.80. The second-order valence-corrected chi connectivity index (χ2v) is 7.28. The predicted molar refractivity (Wildman–Crippen MR) is 78.2 cm³/mol. The van der Waals surface area contributed by atoms with Crippen molar-refractivity contribution < 1.29 is 4.79 Å². The van der Waals surface area contributed by atoms with Crippen molar-refractivity contribution in [1.82, 2.24) is 20.1 Å². The number of hydrogen-bond acceptors (Lipinski definition) is 4. The van der Waals surface area contributed by atoms with Crippen LogP contribution >= 0.6 is 22.9 Å². The van der Waals surface area contributed by atoms with Crippen molar-refractivity contribution >= 4 is 28.8 Å². The van der Waals surface area contributed by atoms with E-state index in [9.17, 15) is 4.79 Å². The fraction of sp³-hybridized carbons (Fsp3) is 0.462. The first-order valence-electron chi connectivity index (χ1n) is 6.33. The molecule has 1 aliphatic heterocycles. The predicted octanol–water partition coefficient (Wildman–Crippen LogP) is 2.76. The Labute approximate surface area is 126 Å². The highest BCUT2D eigenvalue weighted by Crippen LogP contribution is 2.33. The van der Waals surface area contributed by atoms with E-state index in [0.717, 1.165) is 11.3 Å². The van der Waals surface area contributed by atoms with Crippen molar-refractivity contribution in [3.8, 4) is 0 Å². The smallest absolute Gasteiger partial charge is 0.266 e. The third-order valence-corrected chi connectivity index (χ3v) is 4.84. The summed E-state index contributed by atoms with van der Waals surface area (Å²) < 4.78 is 0.408. The van der Waals surface area contributed by atoms with Crippen LogP contribution in [0.2, 0.25) is 4.47 Å². The molecular weight excluding hydrogens is 296 g/mol. The largest absolute Gasteiger partial charge is 0.333 e. The molecule has 3 heterocycles. The van der Waals surface area contributed by atoms with Gasteiger partial charge in [-0.3, -0.25) is 9.89 Å². The Morgan fingerprint density at radius 3 is 2.95 bits per heavy atom. The van der Waals surface area contributed by atoms with Gasteiger partial charge in [-0.05, 0) is 6.92 Å². The third kappa shape index (κ3) is 2.13. The number of nitrogens with zero attached hydrogens (tertiary/aromatic N) is 3. The summed E-state index contributed by atoms with van der Waals surface area (Å²) in [4.78, 5) is 19.2. The molecule has 0 bridgehead atoms. The van der Waals surface area contributed by atoms with Gasteiger partial charge in [0.2, 0.25) is 0 Å². The van der Waals surface area contributed by atoms with E-state index < -0.39 is 0 Å². The van der Waals surface area contributed by atoms with Crippen LogP contribution in [0.3, 0.4) is 0 Å². The van der Waals surface area contributed by atoms with E-state index in [0.29, 0.717) is 28.1 Å². The molecule has 0 unspecified atom stereocenters. The van der Waals surface area contributed by atoms with Gasteiger partial charge in [-0.25, -0.2) is 4.98 Å². The van der Waals surface area contributed by atoms with E-state index in [2.05, 4.69) is 29.0 Å². The van der Waals surface area contributed by atoms with E-state index in [1.165, 1.54) is 11.3 Å². The lowest BCUT2D eigenvalue weighted by Crippen LogP contribution is -2.44. The average Bonchev–Trinajstić information content (AvgIpc) is 2.94. The number of carbonyl (C=O) groups is 1. The van der Waals surface area contributed by atoms with Gasteiger partial charge in [-0.15, -0.1) is 0 Å². The van der Waals surface area contributed by atoms with Gasteiger partial charge in [-0.2, -0.15) is 5.10 Å². The van der Waals surface area contributed by atoms with Gasteiger partial charge < -0.3 is 4.90 Å². The molecule has 0 aromatic carbocycles. The summed E-state index contributed by atoms with van der Waals surface area (Å²) in [6.07, 6.45) is 1.79. The highest BCUT2D eigenvalue weighted by atomic mass is 35.5. The molecular formula is C13H15ClN4OS. The number of aromatic amines is 1. The molecule has 1 N–H and O–H groups in total. The SMILES string of the molecule is Cc1nc(Cl)sc1C(=O)N1Cc2cn[nH]c2C(C)(C)C1. The average molecular weight is 311 g/mol. The molecule has 2 aromatic rings. The molecule has 0 radical (unpaired) electrons. The van der Waals surface area contributed by atoms with Crippen molar-refractivity contribution in [3.63, 3.8) is 0 Å². The number of carbonyl (C=O) groups excluding carboxylic acids is 1. The Bertz CT molecular complexity index is 676. The van der Waals surface area contributed by atoms with Crippen molar-refractivity contribution in [3.05, 3.63) is 32.5 Å². The van der Waals surface area contributed by atoms with Crippen molar-refractivity contribution in [1.29, 1.82) is 0 Å². The highest BCUT2D eigenvalue weighted by Gasteiger charge is 2.36. The minimum absolute atomic E-state index is 0.00757. The van der Waals surface area contributed by atoms with Crippen LogP contribution in [0, 0.1) is 6.92 Å². The normalized spacial score (nSPS) is 17.1.